The van der Waals surface area contributed by atoms with Crippen molar-refractivity contribution >= 4 is 21.6 Å². The van der Waals surface area contributed by atoms with Crippen molar-refractivity contribution in [3.63, 3.8) is 0 Å². The van der Waals surface area contributed by atoms with E-state index in [2.05, 4.69) is 4.72 Å². The van der Waals surface area contributed by atoms with Crippen molar-refractivity contribution in [2.45, 2.75) is 31.2 Å². The van der Waals surface area contributed by atoms with Crippen LogP contribution in [-0.2, 0) is 14.8 Å². The Morgan fingerprint density at radius 2 is 1.89 bits per heavy atom. The lowest BCUT2D eigenvalue weighted by atomic mass is 10.1. The number of hydrogen-bond acceptors (Lipinski definition) is 4. The lowest BCUT2D eigenvalue weighted by molar-refractivity contribution is -0.122. The van der Waals surface area contributed by atoms with Crippen molar-refractivity contribution in [1.29, 1.82) is 0 Å². The minimum Gasteiger partial charge on any atom is -0.399 e. The zero-order valence-electron chi connectivity index (χ0n) is 10.5. The van der Waals surface area contributed by atoms with Crippen LogP contribution in [0.2, 0.25) is 0 Å². The molecule has 0 saturated carbocycles. The van der Waals surface area contributed by atoms with Crippen LogP contribution in [0.3, 0.4) is 0 Å². The summed E-state index contributed by atoms with van der Waals surface area (Å²) >= 11 is 0. The Hall–Kier alpha value is -1.60. The van der Waals surface area contributed by atoms with Crippen molar-refractivity contribution < 1.29 is 13.2 Å². The van der Waals surface area contributed by atoms with Crippen LogP contribution in [-0.4, -0.2) is 19.9 Å². The van der Waals surface area contributed by atoms with Crippen molar-refractivity contribution in [2.24, 2.45) is 5.73 Å². The first-order valence-electron chi connectivity index (χ1n) is 5.26. The quantitative estimate of drug-likeness (QED) is 0.674. The highest BCUT2D eigenvalue weighted by molar-refractivity contribution is 7.89. The molecule has 0 aliphatic rings. The second kappa shape index (κ2) is 4.58. The third-order valence-corrected chi connectivity index (χ3v) is 4.21. The van der Waals surface area contributed by atoms with Crippen LogP contribution in [0.15, 0.2) is 23.1 Å². The van der Waals surface area contributed by atoms with E-state index in [9.17, 15) is 13.2 Å². The molecule has 0 spiro atoms. The Morgan fingerprint density at radius 3 is 2.33 bits per heavy atom. The summed E-state index contributed by atoms with van der Waals surface area (Å²) in [4.78, 5) is 11.2. The van der Waals surface area contributed by atoms with E-state index >= 15 is 0 Å². The zero-order chi connectivity index (χ0) is 14.1. The number of primary amides is 1. The van der Waals surface area contributed by atoms with Gasteiger partial charge in [-0.05, 0) is 44.5 Å². The van der Waals surface area contributed by atoms with Gasteiger partial charge in [-0.25, -0.2) is 8.42 Å². The van der Waals surface area contributed by atoms with Gasteiger partial charge in [0.05, 0.1) is 4.90 Å². The number of sulfonamides is 1. The fourth-order valence-corrected chi connectivity index (χ4v) is 2.73. The number of aryl methyl sites for hydroxylation is 1. The molecule has 0 fully saturated rings. The second-order valence-electron chi connectivity index (χ2n) is 4.61. The van der Waals surface area contributed by atoms with Crippen LogP contribution in [0, 0.1) is 6.92 Å². The highest BCUT2D eigenvalue weighted by atomic mass is 32.2. The highest BCUT2D eigenvalue weighted by Gasteiger charge is 2.31. The van der Waals surface area contributed by atoms with Gasteiger partial charge in [-0.15, -0.1) is 0 Å². The number of amides is 1. The molecule has 5 N–H and O–H groups in total. The van der Waals surface area contributed by atoms with Gasteiger partial charge in [-0.1, -0.05) is 0 Å². The summed E-state index contributed by atoms with van der Waals surface area (Å²) < 4.78 is 26.4. The maximum Gasteiger partial charge on any atom is 0.241 e. The van der Waals surface area contributed by atoms with Gasteiger partial charge in [0.15, 0.2) is 0 Å². The zero-order valence-corrected chi connectivity index (χ0v) is 11.3. The summed E-state index contributed by atoms with van der Waals surface area (Å²) in [6, 6.07) is 4.32. The molecule has 1 aromatic carbocycles. The molecule has 0 heterocycles. The Labute approximate surface area is 106 Å². The van der Waals surface area contributed by atoms with E-state index in [1.165, 1.54) is 32.0 Å². The molecule has 1 rings (SSSR count). The van der Waals surface area contributed by atoms with Gasteiger partial charge in [0.25, 0.3) is 0 Å². The second-order valence-corrected chi connectivity index (χ2v) is 6.30. The van der Waals surface area contributed by atoms with Gasteiger partial charge in [0, 0.05) is 5.69 Å². The standard InChI is InChI=1S/C11H17N3O3S/c1-7-6-8(4-5-9(7)12)18(16,17)14-11(2,3)10(13)15/h4-6,14H,12H2,1-3H3,(H2,13,15). The summed E-state index contributed by atoms with van der Waals surface area (Å²) in [6.45, 7) is 4.50. The molecular formula is C11H17N3O3S. The first-order valence-corrected chi connectivity index (χ1v) is 6.74. The Kier molecular flexibility index (Phi) is 3.68. The van der Waals surface area contributed by atoms with Crippen molar-refractivity contribution in [3.8, 4) is 0 Å². The summed E-state index contributed by atoms with van der Waals surface area (Å²) in [5, 5.41) is 0. The molecule has 0 aliphatic heterocycles. The number of nitrogens with one attached hydrogen (secondary N) is 1. The van der Waals surface area contributed by atoms with E-state index in [0.717, 1.165) is 0 Å². The molecule has 100 valence electrons. The number of benzene rings is 1. The molecule has 6 nitrogen and oxygen atoms in total. The van der Waals surface area contributed by atoms with Gasteiger partial charge in [0.1, 0.15) is 5.54 Å². The molecule has 0 saturated heterocycles. The first-order chi connectivity index (χ1) is 8.06. The molecule has 0 aliphatic carbocycles. The number of nitrogen functional groups attached to an aromatic ring is 1. The van der Waals surface area contributed by atoms with Crippen molar-refractivity contribution in [1.82, 2.24) is 4.72 Å². The summed E-state index contributed by atoms with van der Waals surface area (Å²) in [7, 11) is -3.81. The van der Waals surface area contributed by atoms with Gasteiger partial charge >= 0.3 is 0 Å². The van der Waals surface area contributed by atoms with Crippen molar-refractivity contribution in [3.05, 3.63) is 23.8 Å². The number of hydrogen-bond donors (Lipinski definition) is 3. The van der Waals surface area contributed by atoms with E-state index in [0.29, 0.717) is 11.3 Å². The van der Waals surface area contributed by atoms with Crippen LogP contribution < -0.4 is 16.2 Å². The van der Waals surface area contributed by atoms with E-state index in [1.807, 2.05) is 0 Å². The Bertz CT molecular complexity index is 579. The molecule has 1 aromatic rings. The summed E-state index contributed by atoms with van der Waals surface area (Å²) in [5.74, 6) is -0.752. The number of carbonyl (C=O) groups is 1. The molecular weight excluding hydrogens is 254 g/mol. The molecule has 0 bridgehead atoms. The third kappa shape index (κ3) is 2.99. The largest absolute Gasteiger partial charge is 0.399 e. The predicted octanol–water partition coefficient (Wildman–Crippen LogP) is 0.119. The monoisotopic (exact) mass is 271 g/mol. The molecule has 0 unspecified atom stereocenters. The van der Waals surface area contributed by atoms with E-state index in [-0.39, 0.29) is 4.90 Å². The normalized spacial score (nSPS) is 12.4. The Morgan fingerprint density at radius 1 is 1.33 bits per heavy atom. The molecule has 7 heteroatoms. The fraction of sp³-hybridized carbons (Fsp3) is 0.364. The lowest BCUT2D eigenvalue weighted by Crippen LogP contribution is -2.52. The number of nitrogens with two attached hydrogens (primary N) is 2. The van der Waals surface area contributed by atoms with Crippen molar-refractivity contribution in [2.75, 3.05) is 5.73 Å². The minimum atomic E-state index is -3.81. The summed E-state index contributed by atoms with van der Waals surface area (Å²) in [6.07, 6.45) is 0. The third-order valence-electron chi connectivity index (χ3n) is 2.56. The molecule has 0 aromatic heterocycles. The van der Waals surface area contributed by atoms with Crippen LogP contribution in [0.1, 0.15) is 19.4 Å². The van der Waals surface area contributed by atoms with Gasteiger partial charge in [-0.2, -0.15) is 4.72 Å². The van der Waals surface area contributed by atoms with Crippen LogP contribution >= 0.6 is 0 Å². The maximum atomic E-state index is 12.1. The van der Waals surface area contributed by atoms with E-state index in [1.54, 1.807) is 6.92 Å². The number of rotatable bonds is 4. The lowest BCUT2D eigenvalue weighted by Gasteiger charge is -2.22. The molecule has 0 radical (unpaired) electrons. The van der Waals surface area contributed by atoms with Gasteiger partial charge in [-0.3, -0.25) is 4.79 Å². The average molecular weight is 271 g/mol. The molecule has 0 atom stereocenters. The summed E-state index contributed by atoms with van der Waals surface area (Å²) in [5.41, 5.74) is 10.5. The first kappa shape index (κ1) is 14.5. The Balaban J connectivity index is 3.15. The smallest absolute Gasteiger partial charge is 0.241 e. The highest BCUT2D eigenvalue weighted by Crippen LogP contribution is 2.18. The SMILES string of the molecule is Cc1cc(S(=O)(=O)NC(C)(C)C(N)=O)ccc1N. The number of anilines is 1. The van der Waals surface area contributed by atoms with E-state index < -0.39 is 21.5 Å². The fourth-order valence-electron chi connectivity index (χ4n) is 1.26. The van der Waals surface area contributed by atoms with Crippen LogP contribution in [0.4, 0.5) is 5.69 Å². The van der Waals surface area contributed by atoms with Crippen LogP contribution in [0.25, 0.3) is 0 Å². The number of carbonyl (C=O) groups excluding carboxylic acids is 1. The average Bonchev–Trinajstić information content (AvgIpc) is 2.20. The van der Waals surface area contributed by atoms with Gasteiger partial charge in [0.2, 0.25) is 15.9 Å². The topological polar surface area (TPSA) is 115 Å². The maximum absolute atomic E-state index is 12.1. The van der Waals surface area contributed by atoms with Gasteiger partial charge < -0.3 is 11.5 Å². The molecule has 18 heavy (non-hydrogen) atoms. The minimum absolute atomic E-state index is 0.0449. The van der Waals surface area contributed by atoms with E-state index in [4.69, 9.17) is 11.5 Å². The molecule has 1 amide bonds. The van der Waals surface area contributed by atoms with Crippen LogP contribution in [0.5, 0.6) is 0 Å². The predicted molar refractivity (Wildman–Crippen MR) is 69.2 cm³/mol.